The number of nitrogens with one attached hydrogen (secondary N) is 2. The Morgan fingerprint density at radius 2 is 1.96 bits per heavy atom. The number of para-hydroxylation sites is 2. The molecule has 1 amide bonds. The van der Waals surface area contributed by atoms with Gasteiger partial charge in [-0.25, -0.2) is 14.6 Å². The molecule has 0 aliphatic carbocycles. The van der Waals surface area contributed by atoms with Gasteiger partial charge in [-0.3, -0.25) is 4.79 Å². The highest BCUT2D eigenvalue weighted by Gasteiger charge is 2.19. The molecule has 3 heterocycles. The number of aromatic nitrogens is 5. The van der Waals surface area contributed by atoms with Crippen LogP contribution in [0.2, 0.25) is 0 Å². The Morgan fingerprint density at radius 1 is 1.19 bits per heavy atom. The maximum Gasteiger partial charge on any atom is 0.253 e. The van der Waals surface area contributed by atoms with Crippen molar-refractivity contribution in [1.82, 2.24) is 30.0 Å². The van der Waals surface area contributed by atoms with E-state index in [4.69, 9.17) is 0 Å². The fraction of sp³-hybridized carbons (Fsp3) is 0.300. The van der Waals surface area contributed by atoms with Gasteiger partial charge in [-0.05, 0) is 45.9 Å². The van der Waals surface area contributed by atoms with Crippen LogP contribution in [0.3, 0.4) is 0 Å². The third kappa shape index (κ3) is 3.05. The number of aryl methyl sites for hydroxylation is 1. The van der Waals surface area contributed by atoms with E-state index in [9.17, 15) is 4.79 Å². The summed E-state index contributed by atoms with van der Waals surface area (Å²) in [5.41, 5.74) is 3.86. The van der Waals surface area contributed by atoms with Crippen molar-refractivity contribution in [2.75, 3.05) is 0 Å². The second kappa shape index (κ2) is 6.50. The molecule has 138 valence electrons. The van der Waals surface area contributed by atoms with Crippen LogP contribution in [0, 0.1) is 6.92 Å². The van der Waals surface area contributed by atoms with Gasteiger partial charge in [0.2, 0.25) is 0 Å². The molecule has 2 N–H and O–H groups in total. The van der Waals surface area contributed by atoms with Gasteiger partial charge in [0.05, 0.1) is 34.5 Å². The molecule has 4 aromatic rings. The Morgan fingerprint density at radius 3 is 2.70 bits per heavy atom. The van der Waals surface area contributed by atoms with E-state index in [0.717, 1.165) is 27.9 Å². The van der Waals surface area contributed by atoms with Gasteiger partial charge in [0.15, 0.2) is 5.65 Å². The van der Waals surface area contributed by atoms with Gasteiger partial charge in [0.1, 0.15) is 5.82 Å². The lowest BCUT2D eigenvalue weighted by Crippen LogP contribution is -2.28. The summed E-state index contributed by atoms with van der Waals surface area (Å²) < 4.78 is 1.86. The zero-order chi connectivity index (χ0) is 19.1. The normalized spacial score (nSPS) is 12.8. The minimum absolute atomic E-state index is 0.174. The Kier molecular flexibility index (Phi) is 4.14. The lowest BCUT2D eigenvalue weighted by Gasteiger charge is -2.13. The zero-order valence-electron chi connectivity index (χ0n) is 15.8. The van der Waals surface area contributed by atoms with Crippen LogP contribution in [0.4, 0.5) is 0 Å². The van der Waals surface area contributed by atoms with E-state index in [1.165, 1.54) is 0 Å². The van der Waals surface area contributed by atoms with E-state index >= 15 is 0 Å². The number of rotatable bonds is 4. The summed E-state index contributed by atoms with van der Waals surface area (Å²) in [6.07, 6.45) is 1.75. The molecule has 7 nitrogen and oxygen atoms in total. The Balaban J connectivity index is 1.61. The number of pyridine rings is 1. The molecule has 4 rings (SSSR count). The second-order valence-electron chi connectivity index (χ2n) is 7.05. The fourth-order valence-electron chi connectivity index (χ4n) is 3.19. The zero-order valence-corrected chi connectivity index (χ0v) is 15.8. The number of hydrogen-bond donors (Lipinski definition) is 2. The molecule has 0 saturated heterocycles. The van der Waals surface area contributed by atoms with Gasteiger partial charge in [0, 0.05) is 11.4 Å². The largest absolute Gasteiger partial charge is 0.342 e. The standard InChI is InChI=1S/C20H22N6O/c1-11(2)26-19-14(10-21-26)9-15(12(3)22-19)20(27)23-13(4)18-24-16-7-5-6-8-17(16)25-18/h5-11,13H,1-4H3,(H,23,27)(H,24,25)/t13-/m1/s1. The molecular weight excluding hydrogens is 340 g/mol. The van der Waals surface area contributed by atoms with Crippen LogP contribution in [0.25, 0.3) is 22.1 Å². The Labute approximate surface area is 156 Å². The minimum atomic E-state index is -0.251. The average molecular weight is 362 g/mol. The number of H-pyrrole nitrogens is 1. The summed E-state index contributed by atoms with van der Waals surface area (Å²) in [7, 11) is 0. The predicted molar refractivity (Wildman–Crippen MR) is 105 cm³/mol. The van der Waals surface area contributed by atoms with Crippen molar-refractivity contribution in [3.05, 3.63) is 53.6 Å². The molecule has 0 aliphatic rings. The van der Waals surface area contributed by atoms with Crippen LogP contribution in [0.15, 0.2) is 36.5 Å². The highest BCUT2D eigenvalue weighted by Crippen LogP contribution is 2.21. The van der Waals surface area contributed by atoms with Crippen LogP contribution in [0.5, 0.6) is 0 Å². The van der Waals surface area contributed by atoms with Crippen molar-refractivity contribution < 1.29 is 4.79 Å². The first kappa shape index (κ1) is 17.2. The lowest BCUT2D eigenvalue weighted by molar-refractivity contribution is 0.0937. The van der Waals surface area contributed by atoms with E-state index in [0.29, 0.717) is 11.3 Å². The van der Waals surface area contributed by atoms with E-state index < -0.39 is 0 Å². The van der Waals surface area contributed by atoms with Crippen LogP contribution < -0.4 is 5.32 Å². The molecule has 0 saturated carbocycles. The van der Waals surface area contributed by atoms with Crippen molar-refractivity contribution in [3.63, 3.8) is 0 Å². The van der Waals surface area contributed by atoms with Gasteiger partial charge in [-0.2, -0.15) is 5.10 Å². The number of benzene rings is 1. The first-order valence-electron chi connectivity index (χ1n) is 9.04. The highest BCUT2D eigenvalue weighted by atomic mass is 16.1. The first-order chi connectivity index (χ1) is 12.9. The van der Waals surface area contributed by atoms with Gasteiger partial charge < -0.3 is 10.3 Å². The van der Waals surface area contributed by atoms with E-state index in [2.05, 4.69) is 39.2 Å². The molecule has 0 fully saturated rings. The fourth-order valence-corrected chi connectivity index (χ4v) is 3.19. The SMILES string of the molecule is Cc1nc2c(cnn2C(C)C)cc1C(=O)N[C@H](C)c1nc2ccccc2[nH]1. The number of hydrogen-bond acceptors (Lipinski definition) is 4. The summed E-state index contributed by atoms with van der Waals surface area (Å²) >= 11 is 0. The van der Waals surface area contributed by atoms with Crippen LogP contribution in [-0.4, -0.2) is 30.6 Å². The van der Waals surface area contributed by atoms with Crippen LogP contribution >= 0.6 is 0 Å². The van der Waals surface area contributed by atoms with Crippen molar-refractivity contribution in [2.24, 2.45) is 0 Å². The number of carbonyl (C=O) groups excluding carboxylic acids is 1. The third-order valence-corrected chi connectivity index (χ3v) is 4.66. The highest BCUT2D eigenvalue weighted by molar-refractivity contribution is 5.98. The molecule has 1 atom stereocenters. The summed E-state index contributed by atoms with van der Waals surface area (Å²) in [5.74, 6) is 0.552. The predicted octanol–water partition coefficient (Wildman–Crippen LogP) is 3.69. The molecule has 7 heteroatoms. The number of aromatic amines is 1. The molecule has 0 radical (unpaired) electrons. The van der Waals surface area contributed by atoms with E-state index in [1.54, 1.807) is 6.20 Å². The molecule has 27 heavy (non-hydrogen) atoms. The summed E-state index contributed by atoms with van der Waals surface area (Å²) in [6.45, 7) is 7.86. The monoisotopic (exact) mass is 362 g/mol. The van der Waals surface area contributed by atoms with Crippen molar-refractivity contribution >= 4 is 28.0 Å². The first-order valence-corrected chi connectivity index (χ1v) is 9.04. The molecule has 3 aromatic heterocycles. The number of imidazole rings is 1. The van der Waals surface area contributed by atoms with Gasteiger partial charge in [0.25, 0.3) is 5.91 Å². The molecular formula is C20H22N6O. The summed E-state index contributed by atoms with van der Waals surface area (Å²) in [6, 6.07) is 9.62. The van der Waals surface area contributed by atoms with Crippen LogP contribution in [0.1, 0.15) is 54.7 Å². The average Bonchev–Trinajstić information content (AvgIpc) is 3.24. The number of amides is 1. The molecule has 0 bridgehead atoms. The van der Waals surface area contributed by atoms with Crippen molar-refractivity contribution in [2.45, 2.75) is 39.8 Å². The number of nitrogens with zero attached hydrogens (tertiary/aromatic N) is 4. The van der Waals surface area contributed by atoms with Crippen LogP contribution in [-0.2, 0) is 0 Å². The molecule has 0 unspecified atom stereocenters. The summed E-state index contributed by atoms with van der Waals surface area (Å²) in [4.78, 5) is 25.3. The minimum Gasteiger partial charge on any atom is -0.342 e. The topological polar surface area (TPSA) is 88.5 Å². The molecule has 1 aromatic carbocycles. The quantitative estimate of drug-likeness (QED) is 0.579. The van der Waals surface area contributed by atoms with Gasteiger partial charge >= 0.3 is 0 Å². The number of carbonyl (C=O) groups is 1. The molecule has 0 aliphatic heterocycles. The van der Waals surface area contributed by atoms with E-state index in [1.807, 2.05) is 48.9 Å². The van der Waals surface area contributed by atoms with E-state index in [-0.39, 0.29) is 18.0 Å². The second-order valence-corrected chi connectivity index (χ2v) is 7.05. The Bertz CT molecular complexity index is 1110. The lowest BCUT2D eigenvalue weighted by atomic mass is 10.1. The molecule has 0 spiro atoms. The smallest absolute Gasteiger partial charge is 0.253 e. The van der Waals surface area contributed by atoms with Gasteiger partial charge in [-0.1, -0.05) is 12.1 Å². The number of fused-ring (bicyclic) bond motifs is 2. The third-order valence-electron chi connectivity index (χ3n) is 4.66. The van der Waals surface area contributed by atoms with Crippen molar-refractivity contribution in [1.29, 1.82) is 0 Å². The van der Waals surface area contributed by atoms with Crippen molar-refractivity contribution in [3.8, 4) is 0 Å². The maximum absolute atomic E-state index is 12.8. The maximum atomic E-state index is 12.8. The summed E-state index contributed by atoms with van der Waals surface area (Å²) in [5, 5.41) is 8.24. The van der Waals surface area contributed by atoms with Gasteiger partial charge in [-0.15, -0.1) is 0 Å². The Hall–Kier alpha value is -3.22.